The molecule has 2 aliphatic rings. The van der Waals surface area contributed by atoms with Crippen LogP contribution in [0.25, 0.3) is 22.3 Å². The fourth-order valence-electron chi connectivity index (χ4n) is 4.67. The Hall–Kier alpha value is -3.64. The highest BCUT2D eigenvalue weighted by Gasteiger charge is 2.26. The number of rotatable bonds is 5. The monoisotopic (exact) mass is 442 g/mol. The van der Waals surface area contributed by atoms with E-state index in [1.165, 1.54) is 0 Å². The van der Waals surface area contributed by atoms with Gasteiger partial charge in [0.25, 0.3) is 5.91 Å². The van der Waals surface area contributed by atoms with Gasteiger partial charge in [-0.25, -0.2) is 0 Å². The molecule has 3 aromatic rings. The number of morpholine rings is 1. The van der Waals surface area contributed by atoms with Gasteiger partial charge in [-0.15, -0.1) is 0 Å². The molecule has 2 N–H and O–H groups in total. The van der Waals surface area contributed by atoms with Gasteiger partial charge >= 0.3 is 0 Å². The topological polar surface area (TPSA) is 81.9 Å². The quantitative estimate of drug-likeness (QED) is 0.508. The molecule has 0 unspecified atom stereocenters. The van der Waals surface area contributed by atoms with Crippen molar-refractivity contribution in [1.29, 1.82) is 0 Å². The number of hydrogen-bond acceptors (Lipinski definition) is 4. The van der Waals surface area contributed by atoms with Crippen LogP contribution >= 0.6 is 0 Å². The zero-order valence-corrected chi connectivity index (χ0v) is 18.6. The molecule has 0 radical (unpaired) electrons. The van der Waals surface area contributed by atoms with Crippen molar-refractivity contribution in [1.82, 2.24) is 4.90 Å². The maximum atomic E-state index is 12.9. The number of carbonyl (C=O) groups excluding carboxylic acids is 2. The molecule has 5 rings (SSSR count). The highest BCUT2D eigenvalue weighted by atomic mass is 16.5. The number of ether oxygens (including phenoxy) is 2. The van der Waals surface area contributed by atoms with Gasteiger partial charge in [0.15, 0.2) is 0 Å². The maximum absolute atomic E-state index is 12.9. The SMILES string of the molecule is CCOc1ccc(-c2cc(C(N)=O)c3c(c2)-c2ccc(C(=O)N4CCOCC4)cc2C3)cc1. The molecule has 2 amide bonds. The first-order valence-electron chi connectivity index (χ1n) is 11.3. The molecule has 1 aliphatic heterocycles. The number of benzene rings is 3. The fraction of sp³-hybridized carbons (Fsp3) is 0.259. The van der Waals surface area contributed by atoms with Crippen LogP contribution in [-0.2, 0) is 11.2 Å². The summed E-state index contributed by atoms with van der Waals surface area (Å²) in [6.07, 6.45) is 0.580. The molecule has 0 aromatic heterocycles. The Bertz CT molecular complexity index is 1230. The fourth-order valence-corrected chi connectivity index (χ4v) is 4.67. The molecule has 3 aromatic carbocycles. The molecular weight excluding hydrogens is 416 g/mol. The molecule has 1 saturated heterocycles. The van der Waals surface area contributed by atoms with E-state index in [2.05, 4.69) is 6.07 Å². The average Bonchev–Trinajstić information content (AvgIpc) is 3.22. The van der Waals surface area contributed by atoms with Crippen molar-refractivity contribution in [3.8, 4) is 28.0 Å². The van der Waals surface area contributed by atoms with E-state index >= 15 is 0 Å². The number of nitrogens with zero attached hydrogens (tertiary/aromatic N) is 1. The van der Waals surface area contributed by atoms with Crippen molar-refractivity contribution in [3.05, 3.63) is 76.9 Å². The number of fused-ring (bicyclic) bond motifs is 3. The van der Waals surface area contributed by atoms with E-state index in [4.69, 9.17) is 15.2 Å². The molecule has 33 heavy (non-hydrogen) atoms. The summed E-state index contributed by atoms with van der Waals surface area (Å²) in [6, 6.07) is 17.6. The summed E-state index contributed by atoms with van der Waals surface area (Å²) in [6.45, 7) is 4.90. The van der Waals surface area contributed by atoms with Gasteiger partial charge in [-0.3, -0.25) is 9.59 Å². The van der Waals surface area contributed by atoms with E-state index in [1.807, 2.05) is 60.4 Å². The molecule has 168 valence electrons. The minimum Gasteiger partial charge on any atom is -0.494 e. The van der Waals surface area contributed by atoms with Crippen LogP contribution in [0.1, 0.15) is 38.8 Å². The molecule has 1 heterocycles. The van der Waals surface area contributed by atoms with Crippen LogP contribution in [0.3, 0.4) is 0 Å². The molecule has 0 atom stereocenters. The molecule has 0 bridgehead atoms. The molecule has 0 spiro atoms. The third kappa shape index (κ3) is 3.98. The van der Waals surface area contributed by atoms with Crippen LogP contribution in [-0.4, -0.2) is 49.6 Å². The van der Waals surface area contributed by atoms with Gasteiger partial charge in [-0.05, 0) is 83.1 Å². The number of primary amides is 1. The second kappa shape index (κ2) is 8.71. The summed E-state index contributed by atoms with van der Waals surface area (Å²) in [5.41, 5.74) is 12.9. The van der Waals surface area contributed by atoms with Gasteiger partial charge in [-0.1, -0.05) is 18.2 Å². The molecular formula is C27H26N2O4. The first-order valence-corrected chi connectivity index (χ1v) is 11.3. The summed E-state index contributed by atoms with van der Waals surface area (Å²) in [5, 5.41) is 0. The minimum absolute atomic E-state index is 0.0160. The molecule has 6 heteroatoms. The van der Waals surface area contributed by atoms with E-state index < -0.39 is 5.91 Å². The Balaban J connectivity index is 1.52. The van der Waals surface area contributed by atoms with E-state index in [-0.39, 0.29) is 5.91 Å². The van der Waals surface area contributed by atoms with Gasteiger partial charge < -0.3 is 20.1 Å². The second-order valence-corrected chi connectivity index (χ2v) is 8.32. The van der Waals surface area contributed by atoms with E-state index in [1.54, 1.807) is 0 Å². The molecule has 1 fully saturated rings. The molecule has 0 saturated carbocycles. The largest absolute Gasteiger partial charge is 0.494 e. The second-order valence-electron chi connectivity index (χ2n) is 8.32. The summed E-state index contributed by atoms with van der Waals surface area (Å²) >= 11 is 0. The van der Waals surface area contributed by atoms with Crippen LogP contribution in [0, 0.1) is 0 Å². The van der Waals surface area contributed by atoms with Crippen LogP contribution in [0.15, 0.2) is 54.6 Å². The average molecular weight is 443 g/mol. The number of amides is 2. The lowest BCUT2D eigenvalue weighted by atomic mass is 9.94. The third-order valence-electron chi connectivity index (χ3n) is 6.32. The smallest absolute Gasteiger partial charge is 0.254 e. The van der Waals surface area contributed by atoms with Crippen LogP contribution in [0.5, 0.6) is 5.75 Å². The van der Waals surface area contributed by atoms with Gasteiger partial charge in [0.1, 0.15) is 5.75 Å². The van der Waals surface area contributed by atoms with Gasteiger partial charge in [-0.2, -0.15) is 0 Å². The van der Waals surface area contributed by atoms with Gasteiger partial charge in [0, 0.05) is 24.2 Å². The highest BCUT2D eigenvalue weighted by molar-refractivity contribution is 6.01. The first kappa shape index (κ1) is 21.2. The lowest BCUT2D eigenvalue weighted by Gasteiger charge is -2.27. The molecule has 6 nitrogen and oxygen atoms in total. The lowest BCUT2D eigenvalue weighted by molar-refractivity contribution is 0.0303. The summed E-state index contributed by atoms with van der Waals surface area (Å²) in [4.78, 5) is 27.1. The Kier molecular flexibility index (Phi) is 5.60. The Labute approximate surface area is 192 Å². The number of hydrogen-bond donors (Lipinski definition) is 1. The van der Waals surface area contributed by atoms with Crippen LogP contribution in [0.4, 0.5) is 0 Å². The molecule has 1 aliphatic carbocycles. The predicted octanol–water partition coefficient (Wildman–Crippen LogP) is 3.89. The Morgan fingerprint density at radius 2 is 1.73 bits per heavy atom. The lowest BCUT2D eigenvalue weighted by Crippen LogP contribution is -2.40. The van der Waals surface area contributed by atoms with Gasteiger partial charge in [0.05, 0.1) is 19.8 Å². The summed E-state index contributed by atoms with van der Waals surface area (Å²) in [5.74, 6) is 0.374. The van der Waals surface area contributed by atoms with Crippen molar-refractivity contribution in [2.75, 3.05) is 32.9 Å². The zero-order chi connectivity index (χ0) is 22.9. The van der Waals surface area contributed by atoms with Crippen molar-refractivity contribution >= 4 is 11.8 Å². The van der Waals surface area contributed by atoms with E-state index in [0.717, 1.165) is 39.1 Å². The third-order valence-corrected chi connectivity index (χ3v) is 6.32. The minimum atomic E-state index is -0.448. The van der Waals surface area contributed by atoms with Crippen LogP contribution < -0.4 is 10.5 Å². The van der Waals surface area contributed by atoms with Crippen molar-refractivity contribution in [2.24, 2.45) is 5.73 Å². The highest BCUT2D eigenvalue weighted by Crippen LogP contribution is 2.41. The van der Waals surface area contributed by atoms with Crippen LogP contribution in [0.2, 0.25) is 0 Å². The summed E-state index contributed by atoms with van der Waals surface area (Å²) in [7, 11) is 0. The summed E-state index contributed by atoms with van der Waals surface area (Å²) < 4.78 is 10.9. The van der Waals surface area contributed by atoms with E-state index in [0.29, 0.717) is 50.5 Å². The predicted molar refractivity (Wildman–Crippen MR) is 127 cm³/mol. The first-order chi connectivity index (χ1) is 16.0. The van der Waals surface area contributed by atoms with Gasteiger partial charge in [0.2, 0.25) is 5.91 Å². The van der Waals surface area contributed by atoms with Crippen molar-refractivity contribution < 1.29 is 19.1 Å². The van der Waals surface area contributed by atoms with Crippen molar-refractivity contribution in [2.45, 2.75) is 13.3 Å². The standard InChI is InChI=1S/C27H26N2O4/c1-2-33-21-6-3-17(4-7-21)19-14-23-22-8-5-18(27(31)29-9-11-32-12-10-29)13-20(22)16-24(23)25(15-19)26(28)30/h3-8,13-15H,2,9-12,16H2,1H3,(H2,28,30). The van der Waals surface area contributed by atoms with Crippen molar-refractivity contribution in [3.63, 3.8) is 0 Å². The Morgan fingerprint density at radius 1 is 0.970 bits per heavy atom. The van der Waals surface area contributed by atoms with E-state index in [9.17, 15) is 9.59 Å². The number of carbonyl (C=O) groups is 2. The Morgan fingerprint density at radius 3 is 2.42 bits per heavy atom. The number of nitrogens with two attached hydrogens (primary N) is 1. The normalized spacial score (nSPS) is 14.5. The maximum Gasteiger partial charge on any atom is 0.254 e. The zero-order valence-electron chi connectivity index (χ0n) is 18.6.